The van der Waals surface area contributed by atoms with Gasteiger partial charge in [-0.25, -0.2) is 0 Å². The summed E-state index contributed by atoms with van der Waals surface area (Å²) in [7, 11) is 0. The highest BCUT2D eigenvalue weighted by molar-refractivity contribution is 7.10. The minimum atomic E-state index is -1.30. The van der Waals surface area contributed by atoms with Crippen LogP contribution in [0.25, 0.3) is 11.3 Å². The zero-order valence-electron chi connectivity index (χ0n) is 11.2. The van der Waals surface area contributed by atoms with Crippen molar-refractivity contribution in [2.45, 2.75) is 25.5 Å². The molecule has 1 amide bonds. The fraction of sp³-hybridized carbons (Fsp3) is 0.308. The molecule has 1 aromatic heterocycles. The Kier molecular flexibility index (Phi) is 4.12. The lowest BCUT2D eigenvalue weighted by atomic mass is 9.99. The van der Waals surface area contributed by atoms with Crippen molar-refractivity contribution in [2.75, 3.05) is 5.32 Å². The fourth-order valence-corrected chi connectivity index (χ4v) is 2.16. The van der Waals surface area contributed by atoms with Crippen LogP contribution in [-0.2, 0) is 4.79 Å². The number of rotatable bonds is 4. The lowest BCUT2D eigenvalue weighted by Gasteiger charge is -2.24. The number of hydrogen-bond donors (Lipinski definition) is 3. The minimum absolute atomic E-state index is 0.472. The monoisotopic (exact) mass is 292 g/mol. The second kappa shape index (κ2) is 5.66. The van der Waals surface area contributed by atoms with E-state index < -0.39 is 17.6 Å². The van der Waals surface area contributed by atoms with Crippen LogP contribution >= 0.6 is 11.5 Å². The van der Waals surface area contributed by atoms with E-state index in [1.807, 2.05) is 30.3 Å². The van der Waals surface area contributed by atoms with Crippen LogP contribution in [0, 0.1) is 0 Å². The Bertz CT molecular complexity index is 592. The molecule has 0 saturated carbocycles. The lowest BCUT2D eigenvalue weighted by molar-refractivity contribution is -0.122. The molecule has 0 bridgehead atoms. The van der Waals surface area contributed by atoms with E-state index in [4.69, 9.17) is 5.73 Å². The Labute approximate surface area is 120 Å². The van der Waals surface area contributed by atoms with Crippen LogP contribution in [0.4, 0.5) is 5.00 Å². The van der Waals surface area contributed by atoms with Gasteiger partial charge in [0.05, 0.1) is 5.60 Å². The topological polar surface area (TPSA) is 101 Å². The molecule has 0 saturated heterocycles. The van der Waals surface area contributed by atoms with E-state index in [0.29, 0.717) is 10.7 Å². The number of nitrogens with zero attached hydrogens (tertiary/aromatic N) is 2. The second-order valence-corrected chi connectivity index (χ2v) is 5.69. The normalized spacial score (nSPS) is 13.0. The van der Waals surface area contributed by atoms with Crippen molar-refractivity contribution in [2.24, 2.45) is 5.73 Å². The quantitative estimate of drug-likeness (QED) is 0.787. The molecular formula is C13H16N4O2S. The summed E-state index contributed by atoms with van der Waals surface area (Å²) in [5, 5.41) is 16.9. The molecule has 0 spiro atoms. The van der Waals surface area contributed by atoms with Gasteiger partial charge in [-0.05, 0) is 13.8 Å². The molecule has 4 N–H and O–H groups in total. The largest absolute Gasteiger partial charge is 0.388 e. The van der Waals surface area contributed by atoms with Crippen LogP contribution in [0.3, 0.4) is 0 Å². The van der Waals surface area contributed by atoms with Crippen molar-refractivity contribution >= 4 is 22.4 Å². The molecule has 0 radical (unpaired) electrons. The average molecular weight is 292 g/mol. The summed E-state index contributed by atoms with van der Waals surface area (Å²) in [5.41, 5.74) is 5.85. The maximum absolute atomic E-state index is 12.0. The van der Waals surface area contributed by atoms with Gasteiger partial charge in [-0.3, -0.25) is 4.79 Å². The van der Waals surface area contributed by atoms with Crippen LogP contribution in [0.5, 0.6) is 0 Å². The molecule has 106 valence electrons. The van der Waals surface area contributed by atoms with E-state index >= 15 is 0 Å². The molecule has 20 heavy (non-hydrogen) atoms. The Balaban J connectivity index is 2.20. The summed E-state index contributed by atoms with van der Waals surface area (Å²) in [4.78, 5) is 12.0. The van der Waals surface area contributed by atoms with Gasteiger partial charge >= 0.3 is 0 Å². The van der Waals surface area contributed by atoms with Crippen LogP contribution in [0.15, 0.2) is 30.3 Å². The summed E-state index contributed by atoms with van der Waals surface area (Å²) in [6.45, 7) is 2.97. The van der Waals surface area contributed by atoms with Gasteiger partial charge in [-0.15, -0.1) is 5.10 Å². The number of nitrogens with two attached hydrogens (primary N) is 1. The van der Waals surface area contributed by atoms with E-state index in [9.17, 15) is 9.90 Å². The van der Waals surface area contributed by atoms with Crippen LogP contribution in [-0.4, -0.2) is 32.2 Å². The minimum Gasteiger partial charge on any atom is -0.388 e. The van der Waals surface area contributed by atoms with E-state index in [1.165, 1.54) is 13.8 Å². The van der Waals surface area contributed by atoms with Crippen molar-refractivity contribution in [3.05, 3.63) is 30.3 Å². The highest BCUT2D eigenvalue weighted by Crippen LogP contribution is 2.28. The number of aromatic nitrogens is 2. The van der Waals surface area contributed by atoms with Gasteiger partial charge in [0.1, 0.15) is 16.7 Å². The molecule has 0 unspecified atom stereocenters. The fourth-order valence-electron chi connectivity index (χ4n) is 1.57. The molecule has 6 nitrogen and oxygen atoms in total. The number of hydrogen-bond acceptors (Lipinski definition) is 6. The molecule has 0 aliphatic carbocycles. The van der Waals surface area contributed by atoms with Gasteiger partial charge in [-0.2, -0.15) is 0 Å². The summed E-state index contributed by atoms with van der Waals surface area (Å²) in [6, 6.07) is 8.37. The first-order chi connectivity index (χ1) is 9.39. The van der Waals surface area contributed by atoms with Gasteiger partial charge < -0.3 is 16.2 Å². The van der Waals surface area contributed by atoms with Crippen LogP contribution in [0.1, 0.15) is 13.8 Å². The van der Waals surface area contributed by atoms with Crippen LogP contribution in [0.2, 0.25) is 0 Å². The molecular weight excluding hydrogens is 276 g/mol. The van der Waals surface area contributed by atoms with Crippen LogP contribution < -0.4 is 11.1 Å². The molecule has 1 aromatic carbocycles. The van der Waals surface area contributed by atoms with Crippen molar-refractivity contribution in [1.29, 1.82) is 0 Å². The standard InChI is InChI=1S/C13H16N4O2S/c1-13(2,19)10(14)11(18)15-12-9(16-17-20-12)8-6-4-3-5-7-8/h3-7,10,19H,14H2,1-2H3,(H,15,18)/t10-/m1/s1. The van der Waals surface area contributed by atoms with Crippen molar-refractivity contribution in [3.8, 4) is 11.3 Å². The molecule has 0 aliphatic heterocycles. The second-order valence-electron chi connectivity index (χ2n) is 4.94. The SMILES string of the molecule is CC(C)(O)[C@H](N)C(=O)Nc1snnc1-c1ccccc1. The average Bonchev–Trinajstić information content (AvgIpc) is 2.86. The third kappa shape index (κ3) is 3.19. The molecule has 1 atom stereocenters. The summed E-state index contributed by atoms with van der Waals surface area (Å²) >= 11 is 1.07. The summed E-state index contributed by atoms with van der Waals surface area (Å²) in [5.74, 6) is -0.472. The van der Waals surface area contributed by atoms with Crippen molar-refractivity contribution in [1.82, 2.24) is 9.59 Å². The van der Waals surface area contributed by atoms with E-state index in [0.717, 1.165) is 17.1 Å². The number of benzene rings is 1. The number of carbonyl (C=O) groups excluding carboxylic acids is 1. The third-order valence-electron chi connectivity index (χ3n) is 2.82. The Morgan fingerprint density at radius 1 is 1.40 bits per heavy atom. The van der Waals surface area contributed by atoms with Gasteiger partial charge in [-0.1, -0.05) is 34.8 Å². The third-order valence-corrected chi connectivity index (χ3v) is 3.46. The first kappa shape index (κ1) is 14.6. The first-order valence-electron chi connectivity index (χ1n) is 6.06. The van der Waals surface area contributed by atoms with Gasteiger partial charge in [0.2, 0.25) is 5.91 Å². The summed E-state index contributed by atoms with van der Waals surface area (Å²) in [6.07, 6.45) is 0. The maximum Gasteiger partial charge on any atom is 0.244 e. The van der Waals surface area contributed by atoms with E-state index in [2.05, 4.69) is 14.9 Å². The molecule has 0 aliphatic rings. The highest BCUT2D eigenvalue weighted by Gasteiger charge is 2.30. The number of nitrogens with one attached hydrogen (secondary N) is 1. The molecule has 2 rings (SSSR count). The van der Waals surface area contributed by atoms with Gasteiger partial charge in [0.15, 0.2) is 0 Å². The number of aliphatic hydroxyl groups is 1. The van der Waals surface area contributed by atoms with E-state index in [1.54, 1.807) is 0 Å². The number of anilines is 1. The molecule has 7 heteroatoms. The predicted molar refractivity (Wildman–Crippen MR) is 78.2 cm³/mol. The van der Waals surface area contributed by atoms with Gasteiger partial charge in [0, 0.05) is 17.1 Å². The van der Waals surface area contributed by atoms with E-state index in [-0.39, 0.29) is 0 Å². The smallest absolute Gasteiger partial charge is 0.244 e. The summed E-state index contributed by atoms with van der Waals surface area (Å²) < 4.78 is 3.85. The maximum atomic E-state index is 12.0. The predicted octanol–water partition coefficient (Wildman–Crippen LogP) is 1.24. The zero-order valence-corrected chi connectivity index (χ0v) is 12.0. The zero-order chi connectivity index (χ0) is 14.8. The first-order valence-corrected chi connectivity index (χ1v) is 6.83. The Hall–Kier alpha value is -1.83. The number of amides is 1. The lowest BCUT2D eigenvalue weighted by Crippen LogP contribution is -2.51. The Morgan fingerprint density at radius 2 is 2.05 bits per heavy atom. The molecule has 1 heterocycles. The highest BCUT2D eigenvalue weighted by atomic mass is 32.1. The number of carbonyl (C=O) groups is 1. The van der Waals surface area contributed by atoms with Crippen molar-refractivity contribution in [3.63, 3.8) is 0 Å². The Morgan fingerprint density at radius 3 is 2.65 bits per heavy atom. The van der Waals surface area contributed by atoms with Crippen molar-refractivity contribution < 1.29 is 9.90 Å². The molecule has 0 fully saturated rings. The van der Waals surface area contributed by atoms with Gasteiger partial charge in [0.25, 0.3) is 0 Å². The molecule has 2 aromatic rings.